The van der Waals surface area contributed by atoms with Crippen LogP contribution in [0.3, 0.4) is 0 Å². The molecular formula is C12H15FOS. The Morgan fingerprint density at radius 3 is 2.67 bits per heavy atom. The smallest absolute Gasteiger partial charge is 0.161 e. The van der Waals surface area contributed by atoms with Crippen molar-refractivity contribution < 1.29 is 9.18 Å². The molecule has 0 heterocycles. The maximum atomic E-state index is 13.5. The quantitative estimate of drug-likeness (QED) is 0.574. The monoisotopic (exact) mass is 226 g/mol. The summed E-state index contributed by atoms with van der Waals surface area (Å²) >= 11 is 1.41. The fraction of sp³-hybridized carbons (Fsp3) is 0.417. The molecule has 0 spiro atoms. The van der Waals surface area contributed by atoms with Crippen LogP contribution in [-0.2, 0) is 0 Å². The summed E-state index contributed by atoms with van der Waals surface area (Å²) in [5.74, 6) is 0.921. The summed E-state index contributed by atoms with van der Waals surface area (Å²) in [6.45, 7) is 5.61. The van der Waals surface area contributed by atoms with Crippen molar-refractivity contribution in [2.75, 3.05) is 5.75 Å². The molecule has 0 aliphatic carbocycles. The highest BCUT2D eigenvalue weighted by Gasteiger charge is 2.12. The van der Waals surface area contributed by atoms with Crippen molar-refractivity contribution in [3.63, 3.8) is 0 Å². The first-order valence-electron chi connectivity index (χ1n) is 4.94. The van der Waals surface area contributed by atoms with Crippen LogP contribution in [0.25, 0.3) is 0 Å². The SMILES string of the molecule is CC(=O)c1cccc(F)c1SCC(C)C. The third-order valence-electron chi connectivity index (χ3n) is 1.91. The minimum atomic E-state index is -0.298. The van der Waals surface area contributed by atoms with Crippen LogP contribution in [0.1, 0.15) is 31.1 Å². The van der Waals surface area contributed by atoms with E-state index in [0.717, 1.165) is 5.75 Å². The van der Waals surface area contributed by atoms with Crippen LogP contribution < -0.4 is 0 Å². The molecule has 0 atom stereocenters. The molecule has 0 aliphatic heterocycles. The molecule has 1 aromatic rings. The first-order chi connectivity index (χ1) is 7.02. The highest BCUT2D eigenvalue weighted by Crippen LogP contribution is 2.27. The van der Waals surface area contributed by atoms with E-state index in [9.17, 15) is 9.18 Å². The van der Waals surface area contributed by atoms with Crippen LogP contribution in [0.4, 0.5) is 4.39 Å². The summed E-state index contributed by atoms with van der Waals surface area (Å²) in [4.78, 5) is 11.8. The van der Waals surface area contributed by atoms with E-state index in [0.29, 0.717) is 16.4 Å². The van der Waals surface area contributed by atoms with Crippen molar-refractivity contribution in [2.24, 2.45) is 5.92 Å². The Labute approximate surface area is 94.1 Å². The lowest BCUT2D eigenvalue weighted by atomic mass is 10.1. The summed E-state index contributed by atoms with van der Waals surface area (Å²) in [6.07, 6.45) is 0. The van der Waals surface area contributed by atoms with Gasteiger partial charge in [0.25, 0.3) is 0 Å². The second kappa shape index (κ2) is 5.31. The van der Waals surface area contributed by atoms with Gasteiger partial charge in [0.2, 0.25) is 0 Å². The van der Waals surface area contributed by atoms with Crippen LogP contribution >= 0.6 is 11.8 Å². The van der Waals surface area contributed by atoms with Gasteiger partial charge in [-0.3, -0.25) is 4.79 Å². The first-order valence-corrected chi connectivity index (χ1v) is 5.93. The zero-order valence-corrected chi connectivity index (χ0v) is 10.0. The van der Waals surface area contributed by atoms with E-state index >= 15 is 0 Å². The van der Waals surface area contributed by atoms with Crippen molar-refractivity contribution in [3.8, 4) is 0 Å². The van der Waals surface area contributed by atoms with Gasteiger partial charge in [-0.2, -0.15) is 0 Å². The molecule has 0 saturated carbocycles. The number of carbonyl (C=O) groups is 1. The molecule has 0 bridgehead atoms. The number of thioether (sulfide) groups is 1. The fourth-order valence-electron chi connectivity index (χ4n) is 1.18. The van der Waals surface area contributed by atoms with Gasteiger partial charge in [0, 0.05) is 11.3 Å². The normalized spacial score (nSPS) is 10.7. The van der Waals surface area contributed by atoms with Gasteiger partial charge in [-0.05, 0) is 18.9 Å². The van der Waals surface area contributed by atoms with Gasteiger partial charge < -0.3 is 0 Å². The van der Waals surface area contributed by atoms with Crippen LogP contribution in [0.2, 0.25) is 0 Å². The summed E-state index contributed by atoms with van der Waals surface area (Å²) in [6, 6.07) is 4.65. The van der Waals surface area contributed by atoms with E-state index in [1.165, 1.54) is 24.8 Å². The maximum absolute atomic E-state index is 13.5. The van der Waals surface area contributed by atoms with E-state index in [4.69, 9.17) is 0 Å². The minimum absolute atomic E-state index is 0.0826. The lowest BCUT2D eigenvalue weighted by molar-refractivity contribution is 0.101. The third-order valence-corrected chi connectivity index (χ3v) is 3.44. The number of rotatable bonds is 4. The number of halogens is 1. The molecule has 1 rings (SSSR count). The number of carbonyl (C=O) groups excluding carboxylic acids is 1. The van der Waals surface area contributed by atoms with Crippen LogP contribution in [0, 0.1) is 11.7 Å². The summed E-state index contributed by atoms with van der Waals surface area (Å²) < 4.78 is 13.5. The zero-order chi connectivity index (χ0) is 11.4. The second-order valence-corrected chi connectivity index (χ2v) is 4.91. The zero-order valence-electron chi connectivity index (χ0n) is 9.21. The molecule has 0 aliphatic rings. The molecule has 0 unspecified atom stereocenters. The summed E-state index contributed by atoms with van der Waals surface area (Å²) in [5.41, 5.74) is 0.487. The molecule has 0 N–H and O–H groups in total. The molecule has 82 valence electrons. The predicted molar refractivity (Wildman–Crippen MR) is 62.0 cm³/mol. The standard InChI is InChI=1S/C12H15FOS/c1-8(2)7-15-12-10(9(3)14)5-4-6-11(12)13/h4-6,8H,7H2,1-3H3. The molecular weight excluding hydrogens is 211 g/mol. The van der Waals surface area contributed by atoms with Gasteiger partial charge in [-0.15, -0.1) is 11.8 Å². The largest absolute Gasteiger partial charge is 0.294 e. The topological polar surface area (TPSA) is 17.1 Å². The van der Waals surface area contributed by atoms with Crippen molar-refractivity contribution in [1.29, 1.82) is 0 Å². The molecule has 1 aromatic carbocycles. The number of ketones is 1. The van der Waals surface area contributed by atoms with Gasteiger partial charge in [0.05, 0.1) is 4.90 Å². The molecule has 1 nitrogen and oxygen atoms in total. The number of hydrogen-bond acceptors (Lipinski definition) is 2. The van der Waals surface area contributed by atoms with Crippen LogP contribution in [0.5, 0.6) is 0 Å². The molecule has 0 fully saturated rings. The lowest BCUT2D eigenvalue weighted by Gasteiger charge is -2.09. The second-order valence-electron chi connectivity index (χ2n) is 3.88. The molecule has 15 heavy (non-hydrogen) atoms. The van der Waals surface area contributed by atoms with Gasteiger partial charge >= 0.3 is 0 Å². The Balaban J connectivity index is 2.97. The lowest BCUT2D eigenvalue weighted by Crippen LogP contribution is -2.00. The van der Waals surface area contributed by atoms with Crippen molar-refractivity contribution >= 4 is 17.5 Å². The Morgan fingerprint density at radius 2 is 2.13 bits per heavy atom. The Kier molecular flexibility index (Phi) is 4.33. The van der Waals surface area contributed by atoms with E-state index < -0.39 is 0 Å². The molecule has 0 radical (unpaired) electrons. The first kappa shape index (κ1) is 12.2. The molecule has 0 aromatic heterocycles. The van der Waals surface area contributed by atoms with E-state index in [-0.39, 0.29) is 11.6 Å². The minimum Gasteiger partial charge on any atom is -0.294 e. The Hall–Kier alpha value is -0.830. The van der Waals surface area contributed by atoms with Gasteiger partial charge in [-0.25, -0.2) is 4.39 Å². The Morgan fingerprint density at radius 1 is 1.47 bits per heavy atom. The number of benzene rings is 1. The average Bonchev–Trinajstić information content (AvgIpc) is 2.15. The average molecular weight is 226 g/mol. The van der Waals surface area contributed by atoms with Gasteiger partial charge in [0.1, 0.15) is 5.82 Å². The summed E-state index contributed by atoms with van der Waals surface area (Å²) in [5, 5.41) is 0. The van der Waals surface area contributed by atoms with Crippen molar-refractivity contribution in [3.05, 3.63) is 29.6 Å². The van der Waals surface area contributed by atoms with E-state index in [2.05, 4.69) is 13.8 Å². The highest BCUT2D eigenvalue weighted by atomic mass is 32.2. The van der Waals surface area contributed by atoms with Gasteiger partial charge in [-0.1, -0.05) is 26.0 Å². The number of hydrogen-bond donors (Lipinski definition) is 0. The predicted octanol–water partition coefficient (Wildman–Crippen LogP) is 3.78. The van der Waals surface area contributed by atoms with Gasteiger partial charge in [0.15, 0.2) is 5.78 Å². The number of Topliss-reactive ketones (excluding diaryl/α,β-unsaturated/α-hetero) is 1. The molecule has 3 heteroatoms. The van der Waals surface area contributed by atoms with Crippen LogP contribution in [0.15, 0.2) is 23.1 Å². The highest BCUT2D eigenvalue weighted by molar-refractivity contribution is 7.99. The summed E-state index contributed by atoms with van der Waals surface area (Å²) in [7, 11) is 0. The third kappa shape index (κ3) is 3.34. The molecule has 0 saturated heterocycles. The van der Waals surface area contributed by atoms with Crippen LogP contribution in [-0.4, -0.2) is 11.5 Å². The molecule has 0 amide bonds. The Bertz CT molecular complexity index is 361. The maximum Gasteiger partial charge on any atom is 0.161 e. The van der Waals surface area contributed by atoms with E-state index in [1.54, 1.807) is 12.1 Å². The fourth-order valence-corrected chi connectivity index (χ4v) is 2.26. The van der Waals surface area contributed by atoms with E-state index in [1.807, 2.05) is 0 Å². The van der Waals surface area contributed by atoms with Crippen molar-refractivity contribution in [1.82, 2.24) is 0 Å². The van der Waals surface area contributed by atoms with Crippen molar-refractivity contribution in [2.45, 2.75) is 25.7 Å².